The number of carbonyl (C=O) groups is 1. The second-order valence-electron chi connectivity index (χ2n) is 6.21. The molecule has 10 heteroatoms. The molecule has 0 bridgehead atoms. The van der Waals surface area contributed by atoms with Crippen molar-refractivity contribution in [2.24, 2.45) is 0 Å². The van der Waals surface area contributed by atoms with E-state index in [0.29, 0.717) is 61.9 Å². The van der Waals surface area contributed by atoms with E-state index >= 15 is 0 Å². The van der Waals surface area contributed by atoms with Crippen molar-refractivity contribution >= 4 is 34.2 Å². The Morgan fingerprint density at radius 1 is 1.37 bits per heavy atom. The smallest absolute Gasteiger partial charge is 0.275 e. The molecule has 1 aliphatic rings. The molecule has 0 aromatic carbocycles. The number of carbonyl (C=O) groups excluding carboxylic acids is 1. The van der Waals surface area contributed by atoms with Crippen LogP contribution in [0.1, 0.15) is 16.2 Å². The number of anilines is 3. The number of aryl methyl sites for hydroxylation is 1. The lowest BCUT2D eigenvalue weighted by Crippen LogP contribution is -2.38. The molecule has 0 saturated carbocycles. The molecular formula is C17H24N6O3S. The van der Waals surface area contributed by atoms with Crippen molar-refractivity contribution in [3.8, 4) is 0 Å². The van der Waals surface area contributed by atoms with Gasteiger partial charge >= 0.3 is 0 Å². The lowest BCUT2D eigenvalue weighted by molar-refractivity contribution is 0.102. The minimum Gasteiger partial charge on any atom is -0.383 e. The third-order valence-electron chi connectivity index (χ3n) is 4.11. The lowest BCUT2D eigenvalue weighted by atomic mass is 10.3. The highest BCUT2D eigenvalue weighted by molar-refractivity contribution is 7.10. The Morgan fingerprint density at radius 2 is 2.15 bits per heavy atom. The largest absolute Gasteiger partial charge is 0.383 e. The summed E-state index contributed by atoms with van der Waals surface area (Å²) in [6.07, 6.45) is 0. The monoisotopic (exact) mass is 392 g/mol. The Balaban J connectivity index is 1.86. The van der Waals surface area contributed by atoms with E-state index in [1.54, 1.807) is 13.2 Å². The van der Waals surface area contributed by atoms with Gasteiger partial charge in [-0.15, -0.1) is 0 Å². The summed E-state index contributed by atoms with van der Waals surface area (Å²) in [5, 5.41) is 3.55. The van der Waals surface area contributed by atoms with Crippen LogP contribution < -0.4 is 15.1 Å². The number of nitrogens with one attached hydrogen (secondary N) is 1. The van der Waals surface area contributed by atoms with Gasteiger partial charge in [-0.05, 0) is 24.5 Å². The first kappa shape index (κ1) is 19.5. The Bertz CT molecular complexity index is 778. The quantitative estimate of drug-likeness (QED) is 0.756. The molecule has 2 aromatic heterocycles. The van der Waals surface area contributed by atoms with Crippen LogP contribution in [-0.4, -0.2) is 73.9 Å². The molecule has 0 radical (unpaired) electrons. The number of methoxy groups -OCH3 is 1. The van der Waals surface area contributed by atoms with Gasteiger partial charge in [0.1, 0.15) is 16.5 Å². The maximum Gasteiger partial charge on any atom is 0.275 e. The van der Waals surface area contributed by atoms with Gasteiger partial charge in [-0.25, -0.2) is 4.98 Å². The summed E-state index contributed by atoms with van der Waals surface area (Å²) in [4.78, 5) is 25.9. The van der Waals surface area contributed by atoms with Crippen molar-refractivity contribution in [1.29, 1.82) is 0 Å². The van der Waals surface area contributed by atoms with Gasteiger partial charge in [-0.1, -0.05) is 0 Å². The zero-order valence-corrected chi connectivity index (χ0v) is 16.6. The summed E-state index contributed by atoms with van der Waals surface area (Å²) in [5.41, 5.74) is 1.18. The molecule has 9 nitrogen and oxygen atoms in total. The van der Waals surface area contributed by atoms with Crippen molar-refractivity contribution in [1.82, 2.24) is 14.3 Å². The number of rotatable bonds is 7. The maximum atomic E-state index is 12.7. The molecule has 1 N–H and O–H groups in total. The normalized spacial score (nSPS) is 14.3. The minimum absolute atomic E-state index is 0.281. The van der Waals surface area contributed by atoms with Gasteiger partial charge < -0.3 is 24.6 Å². The van der Waals surface area contributed by atoms with Crippen molar-refractivity contribution in [3.63, 3.8) is 0 Å². The molecule has 1 fully saturated rings. The highest BCUT2D eigenvalue weighted by Gasteiger charge is 2.20. The van der Waals surface area contributed by atoms with Gasteiger partial charge in [0.05, 0.1) is 25.5 Å². The molecule has 0 aliphatic carbocycles. The summed E-state index contributed by atoms with van der Waals surface area (Å²) in [5.74, 6) is 0.928. The molecule has 1 aliphatic heterocycles. The first-order chi connectivity index (χ1) is 13.1. The molecule has 0 spiro atoms. The van der Waals surface area contributed by atoms with E-state index in [1.807, 2.05) is 29.8 Å². The van der Waals surface area contributed by atoms with E-state index < -0.39 is 0 Å². The summed E-state index contributed by atoms with van der Waals surface area (Å²) >= 11 is 1.25. The van der Waals surface area contributed by atoms with Crippen LogP contribution in [0.15, 0.2) is 12.1 Å². The predicted molar refractivity (Wildman–Crippen MR) is 105 cm³/mol. The Morgan fingerprint density at radius 3 is 2.81 bits per heavy atom. The van der Waals surface area contributed by atoms with E-state index in [-0.39, 0.29) is 5.91 Å². The topological polar surface area (TPSA) is 92.7 Å². The number of hydrogen-bond acceptors (Lipinski definition) is 9. The highest BCUT2D eigenvalue weighted by Crippen LogP contribution is 2.20. The van der Waals surface area contributed by atoms with Gasteiger partial charge in [0.2, 0.25) is 5.95 Å². The van der Waals surface area contributed by atoms with E-state index in [1.165, 1.54) is 11.5 Å². The summed E-state index contributed by atoms with van der Waals surface area (Å²) < 4.78 is 14.7. The molecule has 1 saturated heterocycles. The summed E-state index contributed by atoms with van der Waals surface area (Å²) in [6.45, 7) is 5.74. The maximum absolute atomic E-state index is 12.7. The number of morpholine rings is 1. The standard InChI is InChI=1S/C17H24N6O3S/c1-12-10-15(27-21-12)20-16(24)13-11-14(22(2)4-7-25-3)19-17(18-13)23-5-8-26-9-6-23/h10-11H,4-9H2,1-3H3,(H,20,24). The number of likely N-dealkylation sites (N-methyl/N-ethyl adjacent to an activating group) is 1. The van der Waals surface area contributed by atoms with Crippen LogP contribution in [0.4, 0.5) is 16.8 Å². The molecule has 3 heterocycles. The number of ether oxygens (including phenoxy) is 2. The van der Waals surface area contributed by atoms with E-state index in [2.05, 4.69) is 19.7 Å². The summed E-state index contributed by atoms with van der Waals surface area (Å²) in [6, 6.07) is 3.53. The van der Waals surface area contributed by atoms with Gasteiger partial charge in [-0.3, -0.25) is 4.79 Å². The highest BCUT2D eigenvalue weighted by atomic mass is 32.1. The van der Waals surface area contributed by atoms with Gasteiger partial charge in [0.25, 0.3) is 5.91 Å². The van der Waals surface area contributed by atoms with Crippen molar-refractivity contribution in [2.75, 3.05) is 68.7 Å². The average molecular weight is 392 g/mol. The molecule has 27 heavy (non-hydrogen) atoms. The minimum atomic E-state index is -0.281. The number of hydrogen-bond donors (Lipinski definition) is 1. The number of aromatic nitrogens is 3. The number of nitrogens with zero attached hydrogens (tertiary/aromatic N) is 5. The van der Waals surface area contributed by atoms with Crippen LogP contribution in [-0.2, 0) is 9.47 Å². The second kappa shape index (κ2) is 9.07. The Labute approximate surface area is 162 Å². The molecule has 2 aromatic rings. The van der Waals surface area contributed by atoms with Crippen LogP contribution in [0.3, 0.4) is 0 Å². The van der Waals surface area contributed by atoms with Crippen LogP contribution in [0, 0.1) is 6.92 Å². The van der Waals surface area contributed by atoms with Crippen molar-refractivity contribution in [2.45, 2.75) is 6.92 Å². The van der Waals surface area contributed by atoms with Crippen LogP contribution in [0.25, 0.3) is 0 Å². The predicted octanol–water partition coefficient (Wildman–Crippen LogP) is 1.41. The van der Waals surface area contributed by atoms with Crippen LogP contribution in [0.2, 0.25) is 0 Å². The van der Waals surface area contributed by atoms with Gasteiger partial charge in [0.15, 0.2) is 0 Å². The zero-order chi connectivity index (χ0) is 19.2. The van der Waals surface area contributed by atoms with E-state index in [9.17, 15) is 4.79 Å². The number of amides is 1. The molecule has 1 amide bonds. The molecule has 3 rings (SSSR count). The summed E-state index contributed by atoms with van der Waals surface area (Å²) in [7, 11) is 3.57. The Hall–Kier alpha value is -2.30. The van der Waals surface area contributed by atoms with Crippen molar-refractivity contribution in [3.05, 3.63) is 23.5 Å². The van der Waals surface area contributed by atoms with Crippen LogP contribution >= 0.6 is 11.5 Å². The lowest BCUT2D eigenvalue weighted by Gasteiger charge is -2.28. The fraction of sp³-hybridized carbons (Fsp3) is 0.529. The first-order valence-electron chi connectivity index (χ1n) is 8.73. The second-order valence-corrected chi connectivity index (χ2v) is 7.02. The Kier molecular flexibility index (Phi) is 6.54. The van der Waals surface area contributed by atoms with Crippen LogP contribution in [0.5, 0.6) is 0 Å². The first-order valence-corrected chi connectivity index (χ1v) is 9.50. The fourth-order valence-electron chi connectivity index (χ4n) is 2.58. The molecular weight excluding hydrogens is 368 g/mol. The molecule has 0 unspecified atom stereocenters. The van der Waals surface area contributed by atoms with Crippen molar-refractivity contribution < 1.29 is 14.3 Å². The zero-order valence-electron chi connectivity index (χ0n) is 15.8. The fourth-order valence-corrected chi connectivity index (χ4v) is 3.24. The van der Waals surface area contributed by atoms with Gasteiger partial charge in [0, 0.05) is 39.9 Å². The van der Waals surface area contributed by atoms with E-state index in [4.69, 9.17) is 9.47 Å². The average Bonchev–Trinajstić information content (AvgIpc) is 3.11. The third kappa shape index (κ3) is 5.12. The van der Waals surface area contributed by atoms with E-state index in [0.717, 1.165) is 5.69 Å². The molecule has 0 atom stereocenters. The molecule has 146 valence electrons. The van der Waals surface area contributed by atoms with Gasteiger partial charge in [-0.2, -0.15) is 9.36 Å². The SMILES string of the molecule is COCCN(C)c1cc(C(=O)Nc2cc(C)ns2)nc(N2CCOCC2)n1. The third-order valence-corrected chi connectivity index (χ3v) is 4.91.